The molecule has 0 aliphatic heterocycles. The Morgan fingerprint density at radius 3 is 2.60 bits per heavy atom. The summed E-state index contributed by atoms with van der Waals surface area (Å²) < 4.78 is 26.3. The monoisotopic (exact) mass is 287 g/mol. The van der Waals surface area contributed by atoms with Gasteiger partial charge in [0.15, 0.2) is 11.6 Å². The molecule has 1 aromatic rings. The van der Waals surface area contributed by atoms with E-state index in [0.717, 1.165) is 6.07 Å². The average molecular weight is 287 g/mol. The Morgan fingerprint density at radius 2 is 2.00 bits per heavy atom. The minimum Gasteiger partial charge on any atom is -0.481 e. The number of amides is 1. The van der Waals surface area contributed by atoms with E-state index in [2.05, 4.69) is 5.32 Å². The van der Waals surface area contributed by atoms with Crippen molar-refractivity contribution in [2.75, 3.05) is 6.54 Å². The molecule has 0 bridgehead atoms. The van der Waals surface area contributed by atoms with Gasteiger partial charge in [-0.1, -0.05) is 12.1 Å². The highest BCUT2D eigenvalue weighted by molar-refractivity contribution is 5.78. The highest BCUT2D eigenvalue weighted by Gasteiger charge is 2.25. The van der Waals surface area contributed by atoms with Gasteiger partial charge in [-0.05, 0) is 13.0 Å². The third-order valence-corrected chi connectivity index (χ3v) is 2.58. The molecule has 0 aliphatic carbocycles. The van der Waals surface area contributed by atoms with Crippen LogP contribution in [0.15, 0.2) is 18.2 Å². The molecule has 1 aromatic carbocycles. The molecule has 0 saturated carbocycles. The minimum atomic E-state index is -1.61. The van der Waals surface area contributed by atoms with Crippen LogP contribution in [0.5, 0.6) is 0 Å². The second-order valence-electron chi connectivity index (χ2n) is 4.73. The van der Waals surface area contributed by atoms with Crippen molar-refractivity contribution in [3.05, 3.63) is 35.4 Å². The quantitative estimate of drug-likeness (QED) is 0.724. The van der Waals surface area contributed by atoms with E-state index in [1.165, 1.54) is 19.1 Å². The van der Waals surface area contributed by atoms with Crippen molar-refractivity contribution in [1.29, 1.82) is 0 Å². The van der Waals surface area contributed by atoms with Crippen LogP contribution in [0.2, 0.25) is 0 Å². The van der Waals surface area contributed by atoms with Crippen LogP contribution in [0.4, 0.5) is 8.78 Å². The van der Waals surface area contributed by atoms with Crippen molar-refractivity contribution in [3.8, 4) is 0 Å². The number of hydrogen-bond acceptors (Lipinski definition) is 3. The first kappa shape index (κ1) is 16.0. The van der Waals surface area contributed by atoms with E-state index in [1.54, 1.807) is 0 Å². The second kappa shape index (κ2) is 6.42. The molecule has 110 valence electrons. The van der Waals surface area contributed by atoms with Gasteiger partial charge in [0.25, 0.3) is 0 Å². The van der Waals surface area contributed by atoms with Gasteiger partial charge in [0.2, 0.25) is 5.91 Å². The van der Waals surface area contributed by atoms with Crippen LogP contribution in [-0.4, -0.2) is 34.2 Å². The van der Waals surface area contributed by atoms with Crippen molar-refractivity contribution >= 4 is 11.9 Å². The fourth-order valence-electron chi connectivity index (χ4n) is 1.60. The molecule has 0 spiro atoms. The summed E-state index contributed by atoms with van der Waals surface area (Å²) in [7, 11) is 0. The normalized spacial score (nSPS) is 13.6. The lowest BCUT2D eigenvalue weighted by Crippen LogP contribution is -2.42. The van der Waals surface area contributed by atoms with Crippen molar-refractivity contribution in [1.82, 2.24) is 5.32 Å². The zero-order chi connectivity index (χ0) is 15.3. The standard InChI is InChI=1S/C13H15F2NO4/c1-13(20,6-11(18)19)7-16-10(17)5-8-3-2-4-9(14)12(8)15/h2-4,20H,5-7H2,1H3,(H,16,17)(H,18,19). The maximum Gasteiger partial charge on any atom is 0.306 e. The number of aliphatic hydroxyl groups is 1. The van der Waals surface area contributed by atoms with Gasteiger partial charge in [-0.3, -0.25) is 9.59 Å². The van der Waals surface area contributed by atoms with Gasteiger partial charge >= 0.3 is 5.97 Å². The number of hydrogen-bond donors (Lipinski definition) is 3. The first-order chi connectivity index (χ1) is 9.21. The Kier molecular flexibility index (Phi) is 5.15. The van der Waals surface area contributed by atoms with Gasteiger partial charge in [-0.2, -0.15) is 0 Å². The summed E-state index contributed by atoms with van der Waals surface area (Å²) in [6.07, 6.45) is -0.936. The third-order valence-electron chi connectivity index (χ3n) is 2.58. The van der Waals surface area contributed by atoms with Gasteiger partial charge in [-0.15, -0.1) is 0 Å². The molecule has 5 nitrogen and oxygen atoms in total. The molecule has 0 fully saturated rings. The number of nitrogens with one attached hydrogen (secondary N) is 1. The Balaban J connectivity index is 2.56. The number of carboxylic acid groups (broad SMARTS) is 1. The summed E-state index contributed by atoms with van der Waals surface area (Å²) >= 11 is 0. The number of carbonyl (C=O) groups excluding carboxylic acids is 1. The number of halogens is 2. The van der Waals surface area contributed by atoms with Crippen molar-refractivity contribution < 1.29 is 28.6 Å². The summed E-state index contributed by atoms with van der Waals surface area (Å²) in [6.45, 7) is 0.958. The lowest BCUT2D eigenvalue weighted by atomic mass is 10.0. The molecule has 1 rings (SSSR count). The summed E-state index contributed by atoms with van der Waals surface area (Å²) in [5.41, 5.74) is -1.72. The van der Waals surface area contributed by atoms with Crippen LogP contribution in [-0.2, 0) is 16.0 Å². The van der Waals surface area contributed by atoms with Gasteiger partial charge in [0.05, 0.1) is 18.4 Å². The van der Waals surface area contributed by atoms with Crippen molar-refractivity contribution in [2.24, 2.45) is 0 Å². The number of carbonyl (C=O) groups is 2. The van der Waals surface area contributed by atoms with Crippen LogP contribution in [0.3, 0.4) is 0 Å². The van der Waals surface area contributed by atoms with Gasteiger partial charge in [0, 0.05) is 12.1 Å². The van der Waals surface area contributed by atoms with Crippen LogP contribution >= 0.6 is 0 Å². The third kappa shape index (κ3) is 4.93. The molecule has 0 saturated heterocycles. The smallest absolute Gasteiger partial charge is 0.306 e. The van der Waals surface area contributed by atoms with Crippen LogP contribution in [0, 0.1) is 11.6 Å². The van der Waals surface area contributed by atoms with Crippen molar-refractivity contribution in [2.45, 2.75) is 25.4 Å². The Morgan fingerprint density at radius 1 is 1.35 bits per heavy atom. The van der Waals surface area contributed by atoms with E-state index in [-0.39, 0.29) is 12.1 Å². The van der Waals surface area contributed by atoms with E-state index >= 15 is 0 Å². The lowest BCUT2D eigenvalue weighted by Gasteiger charge is -2.21. The summed E-state index contributed by atoms with van der Waals surface area (Å²) in [5.74, 6) is -3.99. The van der Waals surface area contributed by atoms with Crippen LogP contribution < -0.4 is 5.32 Å². The Hall–Kier alpha value is -2.02. The van der Waals surface area contributed by atoms with E-state index in [4.69, 9.17) is 5.11 Å². The van der Waals surface area contributed by atoms with E-state index in [9.17, 15) is 23.5 Å². The largest absolute Gasteiger partial charge is 0.481 e. The fraction of sp³-hybridized carbons (Fsp3) is 0.385. The summed E-state index contributed by atoms with van der Waals surface area (Å²) in [5, 5.41) is 20.5. The summed E-state index contributed by atoms with van der Waals surface area (Å²) in [4.78, 5) is 22.0. The molecule has 0 radical (unpaired) electrons. The number of carboxylic acids is 1. The Labute approximate surface area is 114 Å². The maximum atomic E-state index is 13.3. The molecule has 0 aromatic heterocycles. The minimum absolute atomic E-state index is 0.111. The fourth-order valence-corrected chi connectivity index (χ4v) is 1.60. The van der Waals surface area contributed by atoms with Gasteiger partial charge < -0.3 is 15.5 Å². The van der Waals surface area contributed by atoms with Crippen molar-refractivity contribution in [3.63, 3.8) is 0 Å². The van der Waals surface area contributed by atoms with E-state index in [0.29, 0.717) is 0 Å². The summed E-state index contributed by atoms with van der Waals surface area (Å²) in [6, 6.07) is 3.49. The number of rotatable bonds is 6. The first-order valence-corrected chi connectivity index (χ1v) is 5.85. The molecule has 3 N–H and O–H groups in total. The van der Waals surface area contributed by atoms with Crippen LogP contribution in [0.1, 0.15) is 18.9 Å². The van der Waals surface area contributed by atoms with E-state index < -0.39 is 42.0 Å². The SMILES string of the molecule is CC(O)(CNC(=O)Cc1cccc(F)c1F)CC(=O)O. The number of benzene rings is 1. The molecule has 1 unspecified atom stereocenters. The molecule has 1 atom stereocenters. The number of aliphatic carboxylic acids is 1. The average Bonchev–Trinajstić information content (AvgIpc) is 2.31. The lowest BCUT2D eigenvalue weighted by molar-refractivity contribution is -0.142. The first-order valence-electron chi connectivity index (χ1n) is 5.85. The molecule has 0 heterocycles. The molecular weight excluding hydrogens is 272 g/mol. The second-order valence-corrected chi connectivity index (χ2v) is 4.73. The molecular formula is C13H15F2NO4. The predicted molar refractivity (Wildman–Crippen MR) is 65.9 cm³/mol. The molecule has 1 amide bonds. The van der Waals surface area contributed by atoms with Gasteiger partial charge in [0.1, 0.15) is 0 Å². The molecule has 20 heavy (non-hydrogen) atoms. The van der Waals surface area contributed by atoms with Crippen LogP contribution in [0.25, 0.3) is 0 Å². The molecule has 0 aliphatic rings. The highest BCUT2D eigenvalue weighted by Crippen LogP contribution is 2.12. The zero-order valence-corrected chi connectivity index (χ0v) is 10.8. The molecule has 7 heteroatoms. The maximum absolute atomic E-state index is 13.3. The Bertz CT molecular complexity index is 517. The van der Waals surface area contributed by atoms with E-state index in [1.807, 2.05) is 0 Å². The topological polar surface area (TPSA) is 86.6 Å². The predicted octanol–water partition coefficient (Wildman–Crippen LogP) is 0.849. The van der Waals surface area contributed by atoms with Gasteiger partial charge in [-0.25, -0.2) is 8.78 Å². The highest BCUT2D eigenvalue weighted by atomic mass is 19.2. The zero-order valence-electron chi connectivity index (χ0n) is 10.8.